The van der Waals surface area contributed by atoms with Gasteiger partial charge in [0.15, 0.2) is 5.50 Å². The number of nitrogens with one attached hydrogen (secondary N) is 1. The summed E-state index contributed by atoms with van der Waals surface area (Å²) in [5.74, 6) is 5.21. The number of carbonyl (C=O) groups excluding carboxylic acids is 1. The minimum absolute atomic E-state index is 0.233. The van der Waals surface area contributed by atoms with E-state index < -0.39 is 0 Å². The zero-order valence-corrected chi connectivity index (χ0v) is 7.18. The Bertz CT molecular complexity index is 205. The molecule has 3 N–H and O–H groups in total. The third-order valence-corrected chi connectivity index (χ3v) is 2.14. The maximum atomic E-state index is 11.1. The summed E-state index contributed by atoms with van der Waals surface area (Å²) in [7, 11) is 0. The SMILES string of the molecule is CS[C@@H]1NN=C(C)C(=O)N1N. The molecule has 11 heavy (non-hydrogen) atoms. The van der Waals surface area contributed by atoms with Crippen molar-refractivity contribution >= 4 is 23.4 Å². The molecular weight excluding hydrogens is 164 g/mol. The smallest absolute Gasteiger partial charge is 0.276 e. The molecule has 0 saturated heterocycles. The molecule has 0 fully saturated rings. The number of hydrogen-bond acceptors (Lipinski definition) is 5. The topological polar surface area (TPSA) is 70.7 Å². The highest BCUT2D eigenvalue weighted by Crippen LogP contribution is 2.09. The molecular formula is C5H10N4OS. The summed E-state index contributed by atoms with van der Waals surface area (Å²) >= 11 is 1.42. The second-order valence-electron chi connectivity index (χ2n) is 2.13. The van der Waals surface area contributed by atoms with E-state index >= 15 is 0 Å². The van der Waals surface area contributed by atoms with E-state index in [1.807, 2.05) is 6.26 Å². The van der Waals surface area contributed by atoms with Gasteiger partial charge in [-0.05, 0) is 13.2 Å². The normalized spacial score (nSPS) is 24.6. The molecule has 1 amide bonds. The first-order valence-corrected chi connectivity index (χ1v) is 4.36. The van der Waals surface area contributed by atoms with Crippen molar-refractivity contribution in [2.45, 2.75) is 12.4 Å². The first-order valence-electron chi connectivity index (χ1n) is 3.07. The fourth-order valence-corrected chi connectivity index (χ4v) is 1.20. The van der Waals surface area contributed by atoms with Crippen molar-refractivity contribution in [2.24, 2.45) is 10.9 Å². The average Bonchev–Trinajstić information content (AvgIpc) is 2.01. The van der Waals surface area contributed by atoms with Gasteiger partial charge in [0.05, 0.1) is 0 Å². The van der Waals surface area contributed by atoms with E-state index in [2.05, 4.69) is 10.5 Å². The number of hydrazine groups is 1. The summed E-state index contributed by atoms with van der Waals surface area (Å²) in [6.07, 6.45) is 1.85. The van der Waals surface area contributed by atoms with E-state index in [0.717, 1.165) is 5.01 Å². The molecule has 0 aromatic carbocycles. The average molecular weight is 174 g/mol. The van der Waals surface area contributed by atoms with Gasteiger partial charge in [-0.2, -0.15) is 5.10 Å². The van der Waals surface area contributed by atoms with Crippen LogP contribution in [0.25, 0.3) is 0 Å². The molecule has 0 bridgehead atoms. The van der Waals surface area contributed by atoms with Gasteiger partial charge in [0.2, 0.25) is 0 Å². The minimum atomic E-state index is -0.244. The monoisotopic (exact) mass is 174 g/mol. The van der Waals surface area contributed by atoms with Gasteiger partial charge in [-0.1, -0.05) is 0 Å². The summed E-state index contributed by atoms with van der Waals surface area (Å²) in [5, 5.41) is 4.92. The van der Waals surface area contributed by atoms with E-state index in [4.69, 9.17) is 5.84 Å². The molecule has 0 aliphatic carbocycles. The van der Waals surface area contributed by atoms with Crippen LogP contribution in [0.4, 0.5) is 0 Å². The number of rotatable bonds is 1. The van der Waals surface area contributed by atoms with Crippen LogP contribution in [-0.2, 0) is 4.79 Å². The second-order valence-corrected chi connectivity index (χ2v) is 3.04. The summed E-state index contributed by atoms with van der Waals surface area (Å²) in [4.78, 5) is 11.1. The zero-order valence-electron chi connectivity index (χ0n) is 6.37. The lowest BCUT2D eigenvalue weighted by molar-refractivity contribution is -0.126. The van der Waals surface area contributed by atoms with E-state index in [1.165, 1.54) is 11.8 Å². The van der Waals surface area contributed by atoms with E-state index in [1.54, 1.807) is 6.92 Å². The molecule has 1 atom stereocenters. The maximum Gasteiger partial charge on any atom is 0.286 e. The highest BCUT2D eigenvalue weighted by Gasteiger charge is 2.25. The van der Waals surface area contributed by atoms with Crippen LogP contribution >= 0.6 is 11.8 Å². The third kappa shape index (κ3) is 1.46. The Kier molecular flexibility index (Phi) is 2.35. The number of thioether (sulfide) groups is 1. The number of hydrazone groups is 1. The van der Waals surface area contributed by atoms with Crippen molar-refractivity contribution in [3.8, 4) is 0 Å². The van der Waals surface area contributed by atoms with Crippen molar-refractivity contribution < 1.29 is 4.79 Å². The van der Waals surface area contributed by atoms with Crippen molar-refractivity contribution in [3.05, 3.63) is 0 Å². The van der Waals surface area contributed by atoms with Gasteiger partial charge in [0, 0.05) is 0 Å². The number of carbonyl (C=O) groups is 1. The highest BCUT2D eigenvalue weighted by molar-refractivity contribution is 7.99. The Labute approximate surface area is 69.0 Å². The maximum absolute atomic E-state index is 11.1. The summed E-state index contributed by atoms with van der Waals surface area (Å²) in [5.41, 5.74) is 2.87. The van der Waals surface area contributed by atoms with Crippen LogP contribution in [-0.4, -0.2) is 28.4 Å². The third-order valence-electron chi connectivity index (χ3n) is 1.36. The molecule has 0 saturated carbocycles. The minimum Gasteiger partial charge on any atom is -0.276 e. The van der Waals surface area contributed by atoms with Crippen molar-refractivity contribution in [1.29, 1.82) is 0 Å². The van der Waals surface area contributed by atoms with Crippen LogP contribution in [0.15, 0.2) is 5.10 Å². The fraction of sp³-hybridized carbons (Fsp3) is 0.600. The van der Waals surface area contributed by atoms with E-state index in [9.17, 15) is 4.79 Å². The molecule has 0 aromatic rings. The number of nitrogens with zero attached hydrogens (tertiary/aromatic N) is 2. The lowest BCUT2D eigenvalue weighted by atomic mass is 10.4. The molecule has 62 valence electrons. The fourth-order valence-electron chi connectivity index (χ4n) is 0.722. The Morgan fingerprint density at radius 1 is 1.82 bits per heavy atom. The Hall–Kier alpha value is -0.750. The first kappa shape index (κ1) is 8.35. The van der Waals surface area contributed by atoms with Crippen LogP contribution in [0.5, 0.6) is 0 Å². The largest absolute Gasteiger partial charge is 0.286 e. The standard InChI is InChI=1S/C5H10N4OS/c1-3-4(10)9(6)5(11-2)8-7-3/h5,8H,6H2,1-2H3/t5-/m1/s1. The number of amides is 1. The zero-order chi connectivity index (χ0) is 8.43. The van der Waals surface area contributed by atoms with Crippen LogP contribution in [0.2, 0.25) is 0 Å². The summed E-state index contributed by atoms with van der Waals surface area (Å²) in [6.45, 7) is 1.62. The molecule has 5 nitrogen and oxygen atoms in total. The molecule has 6 heteroatoms. The van der Waals surface area contributed by atoms with Gasteiger partial charge in [0.25, 0.3) is 5.91 Å². The summed E-state index contributed by atoms with van der Waals surface area (Å²) < 4.78 is 0. The van der Waals surface area contributed by atoms with Crippen molar-refractivity contribution in [2.75, 3.05) is 6.26 Å². The van der Waals surface area contributed by atoms with E-state index in [0.29, 0.717) is 5.71 Å². The quantitative estimate of drug-likeness (QED) is 0.408. The summed E-state index contributed by atoms with van der Waals surface area (Å²) in [6, 6.07) is 0. The molecule has 1 heterocycles. The molecule has 0 unspecified atom stereocenters. The second kappa shape index (κ2) is 3.10. The molecule has 0 aromatic heterocycles. The molecule has 1 rings (SSSR count). The van der Waals surface area contributed by atoms with Crippen LogP contribution in [0.3, 0.4) is 0 Å². The molecule has 1 aliphatic rings. The number of nitrogens with two attached hydrogens (primary N) is 1. The van der Waals surface area contributed by atoms with Gasteiger partial charge < -0.3 is 0 Å². The van der Waals surface area contributed by atoms with Crippen molar-refractivity contribution in [3.63, 3.8) is 0 Å². The van der Waals surface area contributed by atoms with Crippen LogP contribution in [0, 0.1) is 0 Å². The van der Waals surface area contributed by atoms with Gasteiger partial charge >= 0.3 is 0 Å². The first-order chi connectivity index (χ1) is 5.16. The van der Waals surface area contributed by atoms with Gasteiger partial charge in [0.1, 0.15) is 5.71 Å². The molecule has 1 aliphatic heterocycles. The lowest BCUT2D eigenvalue weighted by Crippen LogP contribution is -2.55. The molecule has 0 spiro atoms. The van der Waals surface area contributed by atoms with Gasteiger partial charge in [-0.3, -0.25) is 10.2 Å². The molecule has 0 radical (unpaired) electrons. The number of hydrogen-bond donors (Lipinski definition) is 2. The van der Waals surface area contributed by atoms with Crippen LogP contribution in [0.1, 0.15) is 6.92 Å². The van der Waals surface area contributed by atoms with Gasteiger partial charge in [-0.15, -0.1) is 11.8 Å². The Balaban J connectivity index is 2.76. The van der Waals surface area contributed by atoms with Crippen LogP contribution < -0.4 is 11.3 Å². The van der Waals surface area contributed by atoms with E-state index in [-0.39, 0.29) is 11.4 Å². The van der Waals surface area contributed by atoms with Gasteiger partial charge in [-0.25, -0.2) is 10.9 Å². The Morgan fingerprint density at radius 3 is 3.00 bits per heavy atom. The highest BCUT2D eigenvalue weighted by atomic mass is 32.2. The van der Waals surface area contributed by atoms with Crippen molar-refractivity contribution in [1.82, 2.24) is 10.4 Å². The predicted octanol–water partition coefficient (Wildman–Crippen LogP) is -0.686. The lowest BCUT2D eigenvalue weighted by Gasteiger charge is -2.28. The Morgan fingerprint density at radius 2 is 2.45 bits per heavy atom. The predicted molar refractivity (Wildman–Crippen MR) is 44.6 cm³/mol.